The molecule has 0 radical (unpaired) electrons. The predicted octanol–water partition coefficient (Wildman–Crippen LogP) is 3.11. The number of aromatic nitrogens is 1. The van der Waals surface area contributed by atoms with Gasteiger partial charge in [0.1, 0.15) is 16.6 Å². The van der Waals surface area contributed by atoms with Crippen LogP contribution in [0.5, 0.6) is 0 Å². The average Bonchev–Trinajstić information content (AvgIpc) is 3.40. The van der Waals surface area contributed by atoms with Crippen molar-refractivity contribution in [3.8, 4) is 0 Å². The van der Waals surface area contributed by atoms with Crippen molar-refractivity contribution < 1.29 is 19.1 Å². The smallest absolute Gasteiger partial charge is 0.410 e. The van der Waals surface area contributed by atoms with E-state index in [4.69, 9.17) is 15.2 Å². The number of carbonyl (C=O) groups excluding carboxylic acids is 2. The van der Waals surface area contributed by atoms with Crippen LogP contribution in [0.2, 0.25) is 0 Å². The Morgan fingerprint density at radius 1 is 1.23 bits per heavy atom. The van der Waals surface area contributed by atoms with Gasteiger partial charge < -0.3 is 20.5 Å². The summed E-state index contributed by atoms with van der Waals surface area (Å²) in [6.07, 6.45) is 2.82. The van der Waals surface area contributed by atoms with E-state index in [2.05, 4.69) is 10.3 Å². The van der Waals surface area contributed by atoms with Gasteiger partial charge in [-0.05, 0) is 31.2 Å². The van der Waals surface area contributed by atoms with Crippen LogP contribution in [0.25, 0.3) is 0 Å². The molecule has 2 fully saturated rings. The van der Waals surface area contributed by atoms with E-state index in [1.54, 1.807) is 4.90 Å². The number of nitrogen functional groups attached to an aromatic ring is 1. The second kappa shape index (κ2) is 9.44. The van der Waals surface area contributed by atoms with Crippen LogP contribution in [-0.2, 0) is 16.1 Å². The van der Waals surface area contributed by atoms with Crippen molar-refractivity contribution in [1.82, 2.24) is 15.2 Å². The molecular weight excluding hydrogens is 404 g/mol. The molecule has 0 saturated carbocycles. The third kappa shape index (κ3) is 4.73. The Morgan fingerprint density at radius 2 is 2.00 bits per heavy atom. The minimum Gasteiger partial charge on any atom is -0.445 e. The zero-order valence-corrected chi connectivity index (χ0v) is 17.5. The number of amides is 2. The normalized spacial score (nSPS) is 19.6. The van der Waals surface area contributed by atoms with Gasteiger partial charge in [0.05, 0.1) is 6.04 Å². The number of hydrogen-bond donors (Lipinski definition) is 2. The lowest BCUT2D eigenvalue weighted by atomic mass is 10.1. The van der Waals surface area contributed by atoms with E-state index in [9.17, 15) is 9.59 Å². The fourth-order valence-electron chi connectivity index (χ4n) is 3.79. The number of anilines is 1. The van der Waals surface area contributed by atoms with Crippen LogP contribution in [-0.4, -0.2) is 47.7 Å². The number of hydrogen-bond acceptors (Lipinski definition) is 7. The number of ether oxygens (including phenoxy) is 2. The van der Waals surface area contributed by atoms with Crippen molar-refractivity contribution in [3.05, 3.63) is 46.6 Å². The van der Waals surface area contributed by atoms with Gasteiger partial charge in [-0.1, -0.05) is 41.7 Å². The molecule has 1 aromatic carbocycles. The van der Waals surface area contributed by atoms with Gasteiger partial charge in [0.15, 0.2) is 5.69 Å². The van der Waals surface area contributed by atoms with Crippen LogP contribution >= 0.6 is 11.3 Å². The molecule has 1 atom stereocenters. The maximum absolute atomic E-state index is 12.6. The van der Waals surface area contributed by atoms with E-state index in [1.807, 2.05) is 30.3 Å². The quantitative estimate of drug-likeness (QED) is 0.755. The fourth-order valence-corrected chi connectivity index (χ4v) is 4.77. The highest BCUT2D eigenvalue weighted by molar-refractivity contribution is 7.16. The molecule has 160 valence electrons. The van der Waals surface area contributed by atoms with Crippen molar-refractivity contribution in [3.63, 3.8) is 0 Å². The molecule has 0 bridgehead atoms. The summed E-state index contributed by atoms with van der Waals surface area (Å²) >= 11 is 1.27. The molecule has 1 aromatic heterocycles. The van der Waals surface area contributed by atoms with Gasteiger partial charge in [0, 0.05) is 25.8 Å². The number of nitrogens with zero attached hydrogens (tertiary/aromatic N) is 2. The third-order valence-corrected chi connectivity index (χ3v) is 6.40. The monoisotopic (exact) mass is 430 g/mol. The number of likely N-dealkylation sites (tertiary alicyclic amines) is 1. The summed E-state index contributed by atoms with van der Waals surface area (Å²) in [7, 11) is 0. The lowest BCUT2D eigenvalue weighted by molar-refractivity contribution is 0.0695. The maximum atomic E-state index is 12.6. The zero-order valence-electron chi connectivity index (χ0n) is 16.7. The van der Waals surface area contributed by atoms with Gasteiger partial charge >= 0.3 is 6.09 Å². The largest absolute Gasteiger partial charge is 0.445 e. The van der Waals surface area contributed by atoms with Crippen LogP contribution in [0, 0.1) is 0 Å². The first-order valence-electron chi connectivity index (χ1n) is 10.2. The molecule has 2 saturated heterocycles. The van der Waals surface area contributed by atoms with Crippen molar-refractivity contribution in [2.24, 2.45) is 0 Å². The van der Waals surface area contributed by atoms with Gasteiger partial charge in [-0.15, -0.1) is 0 Å². The average molecular weight is 431 g/mol. The van der Waals surface area contributed by atoms with E-state index in [-0.39, 0.29) is 36.4 Å². The van der Waals surface area contributed by atoms with Crippen molar-refractivity contribution in [1.29, 1.82) is 0 Å². The molecule has 0 spiro atoms. The molecule has 2 amide bonds. The number of benzene rings is 1. The van der Waals surface area contributed by atoms with E-state index in [0.29, 0.717) is 29.8 Å². The lowest BCUT2D eigenvalue weighted by Gasteiger charge is -2.23. The van der Waals surface area contributed by atoms with Crippen molar-refractivity contribution >= 4 is 28.3 Å². The summed E-state index contributed by atoms with van der Waals surface area (Å²) in [6.45, 7) is 2.11. The predicted molar refractivity (Wildman–Crippen MR) is 113 cm³/mol. The summed E-state index contributed by atoms with van der Waals surface area (Å²) in [6, 6.07) is 9.43. The van der Waals surface area contributed by atoms with Crippen LogP contribution < -0.4 is 11.1 Å². The highest BCUT2D eigenvalue weighted by atomic mass is 32.1. The summed E-state index contributed by atoms with van der Waals surface area (Å²) in [5.74, 6) is -0.266. The highest BCUT2D eigenvalue weighted by Crippen LogP contribution is 2.37. The Kier molecular flexibility index (Phi) is 6.49. The van der Waals surface area contributed by atoms with Crippen LogP contribution in [0.1, 0.15) is 52.8 Å². The van der Waals surface area contributed by atoms with Crippen LogP contribution in [0.4, 0.5) is 9.80 Å². The van der Waals surface area contributed by atoms with Crippen molar-refractivity contribution in [2.75, 3.05) is 25.5 Å². The molecule has 8 nitrogen and oxygen atoms in total. The first-order valence-corrected chi connectivity index (χ1v) is 11.1. The standard InChI is InChI=1S/C21H26N4O4S/c22-18-17(19(26)23-15-8-11-28-12-9-15)24-20(30-18)16-7-4-10-25(16)21(27)29-13-14-5-2-1-3-6-14/h1-3,5-6,15-16H,4,7-13,22H2,(H,23,26)/t16-/m1/s1. The fraction of sp³-hybridized carbons (Fsp3) is 0.476. The molecule has 2 aliphatic heterocycles. The van der Waals surface area contributed by atoms with Gasteiger partial charge in [-0.2, -0.15) is 0 Å². The molecule has 3 heterocycles. The molecule has 4 rings (SSSR count). The maximum Gasteiger partial charge on any atom is 0.410 e. The van der Waals surface area contributed by atoms with Gasteiger partial charge in [0.2, 0.25) is 0 Å². The Morgan fingerprint density at radius 3 is 2.77 bits per heavy atom. The summed E-state index contributed by atoms with van der Waals surface area (Å²) < 4.78 is 10.8. The lowest BCUT2D eigenvalue weighted by Crippen LogP contribution is -2.39. The second-order valence-electron chi connectivity index (χ2n) is 7.52. The van der Waals surface area contributed by atoms with E-state index in [0.717, 1.165) is 31.2 Å². The van der Waals surface area contributed by atoms with Gasteiger partial charge in [0.25, 0.3) is 5.91 Å². The van der Waals surface area contributed by atoms with Crippen LogP contribution in [0.15, 0.2) is 30.3 Å². The van der Waals surface area contributed by atoms with Gasteiger partial charge in [-0.3, -0.25) is 9.69 Å². The first kappa shape index (κ1) is 20.6. The summed E-state index contributed by atoms with van der Waals surface area (Å²) in [5.41, 5.74) is 7.29. The van der Waals surface area contributed by atoms with E-state index < -0.39 is 0 Å². The molecule has 30 heavy (non-hydrogen) atoms. The van der Waals surface area contributed by atoms with E-state index >= 15 is 0 Å². The SMILES string of the molecule is Nc1sc([C@H]2CCCN2C(=O)OCc2ccccc2)nc1C(=O)NC1CCOCC1. The third-order valence-electron chi connectivity index (χ3n) is 5.42. The summed E-state index contributed by atoms with van der Waals surface area (Å²) in [4.78, 5) is 31.5. The molecule has 3 N–H and O–H groups in total. The van der Waals surface area contributed by atoms with Gasteiger partial charge in [-0.25, -0.2) is 9.78 Å². The van der Waals surface area contributed by atoms with E-state index in [1.165, 1.54) is 11.3 Å². The Balaban J connectivity index is 1.40. The Hall–Kier alpha value is -2.65. The molecule has 0 unspecified atom stereocenters. The number of thiazole rings is 1. The topological polar surface area (TPSA) is 107 Å². The summed E-state index contributed by atoms with van der Waals surface area (Å²) in [5, 5.41) is 4.05. The number of carbonyl (C=O) groups is 2. The zero-order chi connectivity index (χ0) is 20.9. The molecular formula is C21H26N4O4S. The minimum absolute atomic E-state index is 0.0757. The highest BCUT2D eigenvalue weighted by Gasteiger charge is 2.34. The molecule has 0 aliphatic carbocycles. The number of nitrogens with two attached hydrogens (primary N) is 1. The Labute approximate surface area is 179 Å². The number of rotatable bonds is 5. The first-order chi connectivity index (χ1) is 14.6. The van der Waals surface area contributed by atoms with Crippen LogP contribution in [0.3, 0.4) is 0 Å². The Bertz CT molecular complexity index is 882. The molecule has 9 heteroatoms. The second-order valence-corrected chi connectivity index (χ2v) is 8.58. The van der Waals surface area contributed by atoms with Crippen molar-refractivity contribution in [2.45, 2.75) is 44.4 Å². The number of nitrogens with one attached hydrogen (secondary N) is 1. The minimum atomic E-state index is -0.372. The molecule has 2 aliphatic rings. The molecule has 2 aromatic rings.